The van der Waals surface area contributed by atoms with Gasteiger partial charge in [0.2, 0.25) is 0 Å². The Kier molecular flexibility index (Phi) is 5.33. The number of hydrogen-bond acceptors (Lipinski definition) is 1. The molecular weight excluding hydrogens is 225 g/mol. The van der Waals surface area contributed by atoms with Crippen molar-refractivity contribution in [1.82, 2.24) is 5.32 Å². The second kappa shape index (κ2) is 6.33. The maximum absolute atomic E-state index is 13.8. The molecule has 0 aliphatic rings. The fraction of sp³-hybridized carbons (Fsp3) is 0.625. The molecule has 1 rings (SSSR count). The van der Waals surface area contributed by atoms with Crippen LogP contribution in [0.5, 0.6) is 0 Å². The van der Waals surface area contributed by atoms with Crippen LogP contribution < -0.4 is 5.32 Å². The Hall–Kier alpha value is -0.890. The van der Waals surface area contributed by atoms with Gasteiger partial charge in [-0.05, 0) is 37.8 Å². The Morgan fingerprint density at radius 2 is 1.67 bits per heavy atom. The third kappa shape index (κ3) is 5.63. The van der Waals surface area contributed by atoms with E-state index in [0.717, 1.165) is 5.56 Å². The first-order valence-electron chi connectivity index (χ1n) is 6.76. The highest BCUT2D eigenvalue weighted by Gasteiger charge is 2.13. The zero-order valence-corrected chi connectivity index (χ0v) is 12.3. The van der Waals surface area contributed by atoms with E-state index in [2.05, 4.69) is 52.1 Å². The molecule has 2 heteroatoms. The van der Waals surface area contributed by atoms with Gasteiger partial charge < -0.3 is 5.32 Å². The van der Waals surface area contributed by atoms with Gasteiger partial charge in [-0.15, -0.1) is 0 Å². The molecule has 0 amide bonds. The number of benzene rings is 1. The van der Waals surface area contributed by atoms with E-state index in [9.17, 15) is 4.39 Å². The van der Waals surface area contributed by atoms with Gasteiger partial charge in [-0.1, -0.05) is 38.1 Å². The predicted octanol–water partition coefficient (Wildman–Crippen LogP) is 4.08. The van der Waals surface area contributed by atoms with Gasteiger partial charge in [-0.25, -0.2) is 4.39 Å². The van der Waals surface area contributed by atoms with Gasteiger partial charge in [0, 0.05) is 18.5 Å². The minimum absolute atomic E-state index is 0.0220. The van der Waals surface area contributed by atoms with E-state index in [1.165, 1.54) is 5.56 Å². The molecule has 18 heavy (non-hydrogen) atoms. The molecule has 0 heterocycles. The monoisotopic (exact) mass is 251 g/mol. The van der Waals surface area contributed by atoms with Crippen LogP contribution in [-0.4, -0.2) is 18.3 Å². The summed E-state index contributed by atoms with van der Waals surface area (Å²) in [7, 11) is 0. The van der Waals surface area contributed by atoms with Gasteiger partial charge in [-0.2, -0.15) is 0 Å². The van der Waals surface area contributed by atoms with Gasteiger partial charge >= 0.3 is 0 Å². The molecule has 1 aromatic carbocycles. The van der Waals surface area contributed by atoms with Gasteiger partial charge in [0.05, 0.1) is 0 Å². The van der Waals surface area contributed by atoms with Crippen molar-refractivity contribution in [1.29, 1.82) is 0 Å². The lowest BCUT2D eigenvalue weighted by Crippen LogP contribution is -2.40. The predicted molar refractivity (Wildman–Crippen MR) is 76.9 cm³/mol. The van der Waals surface area contributed by atoms with E-state index in [0.29, 0.717) is 18.9 Å². The molecule has 1 aromatic rings. The summed E-state index contributed by atoms with van der Waals surface area (Å²) in [5, 5.41) is 3.20. The molecule has 102 valence electrons. The number of halogens is 1. The summed E-state index contributed by atoms with van der Waals surface area (Å²) < 4.78 is 13.8. The number of hydrogen-bond donors (Lipinski definition) is 1. The van der Waals surface area contributed by atoms with Crippen LogP contribution in [-0.2, 0) is 6.42 Å². The zero-order chi connectivity index (χ0) is 13.8. The Labute approximate surface area is 111 Å². The molecule has 0 saturated carbocycles. The zero-order valence-electron chi connectivity index (χ0n) is 12.3. The van der Waals surface area contributed by atoms with Crippen molar-refractivity contribution in [3.8, 4) is 0 Å². The highest BCUT2D eigenvalue weighted by Crippen LogP contribution is 2.16. The average Bonchev–Trinajstić information content (AvgIpc) is 2.26. The van der Waals surface area contributed by atoms with Crippen molar-refractivity contribution in [2.45, 2.75) is 58.7 Å². The molecule has 0 saturated heterocycles. The van der Waals surface area contributed by atoms with Crippen molar-refractivity contribution < 1.29 is 4.39 Å². The van der Waals surface area contributed by atoms with Gasteiger partial charge in [0.15, 0.2) is 0 Å². The van der Waals surface area contributed by atoms with Crippen LogP contribution in [0.15, 0.2) is 24.3 Å². The number of nitrogens with one attached hydrogen (secondary N) is 1. The Bertz CT molecular complexity index is 348. The fourth-order valence-corrected chi connectivity index (χ4v) is 1.78. The standard InChI is InChI=1S/C16H26FN/c1-12(2)14-8-6-13(7-9-14)10-15(17)11-18-16(3,4)5/h6-9,12,15,18H,10-11H2,1-5H3. The largest absolute Gasteiger partial charge is 0.309 e. The molecule has 0 spiro atoms. The second-order valence-corrected chi connectivity index (χ2v) is 6.33. The molecule has 1 atom stereocenters. The minimum atomic E-state index is -0.825. The van der Waals surface area contributed by atoms with Crippen LogP contribution in [0.2, 0.25) is 0 Å². The van der Waals surface area contributed by atoms with Crippen molar-refractivity contribution >= 4 is 0 Å². The Balaban J connectivity index is 2.47. The highest BCUT2D eigenvalue weighted by atomic mass is 19.1. The van der Waals surface area contributed by atoms with Crippen molar-refractivity contribution in [2.75, 3.05) is 6.54 Å². The lowest BCUT2D eigenvalue weighted by Gasteiger charge is -2.22. The molecule has 1 N–H and O–H groups in total. The first-order valence-corrected chi connectivity index (χ1v) is 6.76. The van der Waals surface area contributed by atoms with E-state index >= 15 is 0 Å². The molecular formula is C16H26FN. The fourth-order valence-electron chi connectivity index (χ4n) is 1.78. The van der Waals surface area contributed by atoms with Gasteiger partial charge in [0.25, 0.3) is 0 Å². The van der Waals surface area contributed by atoms with Crippen molar-refractivity contribution in [2.24, 2.45) is 0 Å². The summed E-state index contributed by atoms with van der Waals surface area (Å²) in [5.41, 5.74) is 2.36. The second-order valence-electron chi connectivity index (χ2n) is 6.33. The van der Waals surface area contributed by atoms with E-state index in [1.54, 1.807) is 0 Å². The summed E-state index contributed by atoms with van der Waals surface area (Å²) >= 11 is 0. The first kappa shape index (κ1) is 15.2. The summed E-state index contributed by atoms with van der Waals surface area (Å²) in [6, 6.07) is 8.28. The SMILES string of the molecule is CC(C)c1ccc(CC(F)CNC(C)(C)C)cc1. The minimum Gasteiger partial charge on any atom is -0.309 e. The smallest absolute Gasteiger partial charge is 0.117 e. The molecule has 0 aliphatic heterocycles. The average molecular weight is 251 g/mol. The van der Waals surface area contributed by atoms with E-state index in [1.807, 2.05) is 12.1 Å². The van der Waals surface area contributed by atoms with Crippen molar-refractivity contribution in [3.63, 3.8) is 0 Å². The summed E-state index contributed by atoms with van der Waals surface area (Å²) in [5.74, 6) is 0.530. The molecule has 0 radical (unpaired) electrons. The lowest BCUT2D eigenvalue weighted by molar-refractivity contribution is 0.284. The molecule has 0 fully saturated rings. The molecule has 0 aromatic heterocycles. The maximum Gasteiger partial charge on any atom is 0.117 e. The maximum atomic E-state index is 13.8. The van der Waals surface area contributed by atoms with Gasteiger partial charge in [-0.3, -0.25) is 0 Å². The molecule has 0 aliphatic carbocycles. The first-order chi connectivity index (χ1) is 8.28. The molecule has 1 unspecified atom stereocenters. The third-order valence-corrected chi connectivity index (χ3v) is 2.96. The Morgan fingerprint density at radius 1 is 1.11 bits per heavy atom. The van der Waals surface area contributed by atoms with Crippen LogP contribution in [0, 0.1) is 0 Å². The number of rotatable bonds is 5. The van der Waals surface area contributed by atoms with E-state index in [-0.39, 0.29) is 5.54 Å². The van der Waals surface area contributed by atoms with E-state index < -0.39 is 6.17 Å². The van der Waals surface area contributed by atoms with Crippen LogP contribution >= 0.6 is 0 Å². The van der Waals surface area contributed by atoms with Crippen molar-refractivity contribution in [3.05, 3.63) is 35.4 Å². The normalized spacial score (nSPS) is 13.9. The van der Waals surface area contributed by atoms with Crippen LogP contribution in [0.25, 0.3) is 0 Å². The molecule has 1 nitrogen and oxygen atoms in total. The van der Waals surface area contributed by atoms with Crippen LogP contribution in [0.4, 0.5) is 4.39 Å². The molecule has 0 bridgehead atoms. The summed E-state index contributed by atoms with van der Waals surface area (Å²) in [6.45, 7) is 10.9. The number of alkyl halides is 1. The van der Waals surface area contributed by atoms with Crippen LogP contribution in [0.1, 0.15) is 51.7 Å². The quantitative estimate of drug-likeness (QED) is 0.831. The van der Waals surface area contributed by atoms with Crippen LogP contribution in [0.3, 0.4) is 0 Å². The lowest BCUT2D eigenvalue weighted by atomic mass is 10.00. The third-order valence-electron chi connectivity index (χ3n) is 2.96. The Morgan fingerprint density at radius 3 is 2.11 bits per heavy atom. The summed E-state index contributed by atoms with van der Waals surface area (Å²) in [6.07, 6.45) is -0.337. The summed E-state index contributed by atoms with van der Waals surface area (Å²) in [4.78, 5) is 0. The highest BCUT2D eigenvalue weighted by molar-refractivity contribution is 5.25. The van der Waals surface area contributed by atoms with Gasteiger partial charge in [0.1, 0.15) is 6.17 Å². The van der Waals surface area contributed by atoms with E-state index in [4.69, 9.17) is 0 Å². The topological polar surface area (TPSA) is 12.0 Å².